The molecule has 0 radical (unpaired) electrons. The van der Waals surface area contributed by atoms with Crippen molar-refractivity contribution in [2.24, 2.45) is 11.3 Å². The maximum atomic E-state index is 12.1. The normalized spacial score (nSPS) is 26.3. The van der Waals surface area contributed by atoms with E-state index >= 15 is 0 Å². The van der Waals surface area contributed by atoms with Gasteiger partial charge in [0.1, 0.15) is 5.41 Å². The van der Waals surface area contributed by atoms with Gasteiger partial charge in [0.2, 0.25) is 5.91 Å². The van der Waals surface area contributed by atoms with E-state index in [9.17, 15) is 9.59 Å². The molecule has 3 rings (SSSR count). The van der Waals surface area contributed by atoms with E-state index in [2.05, 4.69) is 17.4 Å². The van der Waals surface area contributed by atoms with E-state index < -0.39 is 11.4 Å². The molecule has 0 aliphatic heterocycles. The number of carboxylic acid groups (broad SMARTS) is 1. The zero-order chi connectivity index (χ0) is 14.9. The smallest absolute Gasteiger partial charge is 0.319 e. The molecule has 112 valence electrons. The molecule has 1 aromatic carbocycles. The fourth-order valence-corrected chi connectivity index (χ4v) is 3.33. The first-order valence-corrected chi connectivity index (χ1v) is 7.68. The molecule has 4 nitrogen and oxygen atoms in total. The second-order valence-corrected chi connectivity index (χ2v) is 6.43. The highest BCUT2D eigenvalue weighted by Gasteiger charge is 2.57. The Labute approximate surface area is 124 Å². The molecule has 2 fully saturated rings. The summed E-state index contributed by atoms with van der Waals surface area (Å²) < 4.78 is 0. The van der Waals surface area contributed by atoms with Crippen LogP contribution in [0.4, 0.5) is 0 Å². The van der Waals surface area contributed by atoms with Gasteiger partial charge < -0.3 is 10.4 Å². The van der Waals surface area contributed by atoms with Crippen LogP contribution in [0.5, 0.6) is 0 Å². The van der Waals surface area contributed by atoms with Crippen LogP contribution in [0.15, 0.2) is 30.3 Å². The highest BCUT2D eigenvalue weighted by molar-refractivity contribution is 6.04. The van der Waals surface area contributed by atoms with Gasteiger partial charge in [-0.2, -0.15) is 0 Å². The molecule has 1 amide bonds. The number of carbonyl (C=O) groups is 2. The molecule has 0 spiro atoms. The number of benzene rings is 1. The van der Waals surface area contributed by atoms with Crippen molar-refractivity contribution in [1.29, 1.82) is 0 Å². The lowest BCUT2D eigenvalue weighted by molar-refractivity contribution is -0.149. The summed E-state index contributed by atoms with van der Waals surface area (Å²) in [5.74, 6) is -0.670. The molecule has 2 unspecified atom stereocenters. The molecule has 4 heteroatoms. The monoisotopic (exact) mass is 287 g/mol. The first kappa shape index (κ1) is 14.1. The molecule has 2 aliphatic rings. The lowest BCUT2D eigenvalue weighted by Crippen LogP contribution is -2.41. The lowest BCUT2D eigenvalue weighted by Gasteiger charge is -2.16. The molecule has 2 saturated carbocycles. The topological polar surface area (TPSA) is 66.4 Å². The summed E-state index contributed by atoms with van der Waals surface area (Å²) in [6.45, 7) is 0. The first-order valence-electron chi connectivity index (χ1n) is 7.68. The van der Waals surface area contributed by atoms with Crippen molar-refractivity contribution in [3.8, 4) is 0 Å². The number of amides is 1. The van der Waals surface area contributed by atoms with Crippen LogP contribution in [0.3, 0.4) is 0 Å². The van der Waals surface area contributed by atoms with E-state index in [1.54, 1.807) is 0 Å². The van der Waals surface area contributed by atoms with E-state index in [0.717, 1.165) is 25.7 Å². The van der Waals surface area contributed by atoms with E-state index in [0.29, 0.717) is 18.8 Å². The SMILES string of the molecule is O=C(O)C1(C(=O)NC2CCC(Cc3ccccc3)C2)CC1. The Morgan fingerprint density at radius 1 is 1.19 bits per heavy atom. The number of hydrogen-bond acceptors (Lipinski definition) is 2. The Hall–Kier alpha value is -1.84. The summed E-state index contributed by atoms with van der Waals surface area (Å²) >= 11 is 0. The molecule has 0 heterocycles. The maximum Gasteiger partial charge on any atom is 0.319 e. The predicted octanol–water partition coefficient (Wildman–Crippen LogP) is 2.38. The molecule has 2 atom stereocenters. The molecular weight excluding hydrogens is 266 g/mol. The van der Waals surface area contributed by atoms with Crippen LogP contribution in [0.1, 0.15) is 37.7 Å². The van der Waals surface area contributed by atoms with E-state index in [4.69, 9.17) is 5.11 Å². The minimum absolute atomic E-state index is 0.142. The van der Waals surface area contributed by atoms with Crippen molar-refractivity contribution in [1.82, 2.24) is 5.32 Å². The van der Waals surface area contributed by atoms with Gasteiger partial charge in [0.15, 0.2) is 0 Å². The van der Waals surface area contributed by atoms with Crippen LogP contribution in [0, 0.1) is 11.3 Å². The lowest BCUT2D eigenvalue weighted by atomic mass is 9.98. The van der Waals surface area contributed by atoms with Crippen LogP contribution >= 0.6 is 0 Å². The standard InChI is InChI=1S/C17H21NO3/c19-15(17(8-9-17)16(20)21)18-14-7-6-13(11-14)10-12-4-2-1-3-5-12/h1-5,13-14H,6-11H2,(H,18,19)(H,20,21). The summed E-state index contributed by atoms with van der Waals surface area (Å²) in [7, 11) is 0. The van der Waals surface area contributed by atoms with Gasteiger partial charge in [-0.3, -0.25) is 9.59 Å². The summed E-state index contributed by atoms with van der Waals surface area (Å²) in [5.41, 5.74) is 0.219. The number of nitrogens with one attached hydrogen (secondary N) is 1. The van der Waals surface area contributed by atoms with Crippen LogP contribution < -0.4 is 5.32 Å². The van der Waals surface area contributed by atoms with E-state index in [-0.39, 0.29) is 11.9 Å². The number of hydrogen-bond donors (Lipinski definition) is 2. The van der Waals surface area contributed by atoms with Crippen LogP contribution in [0.25, 0.3) is 0 Å². The average molecular weight is 287 g/mol. The Kier molecular flexibility index (Phi) is 3.70. The number of carboxylic acids is 1. The Morgan fingerprint density at radius 3 is 2.52 bits per heavy atom. The Bertz CT molecular complexity index is 536. The largest absolute Gasteiger partial charge is 0.480 e. The summed E-state index contributed by atoms with van der Waals surface area (Å²) in [5, 5.41) is 12.1. The van der Waals surface area contributed by atoms with Gasteiger partial charge in [0, 0.05) is 6.04 Å². The third-order valence-corrected chi connectivity index (χ3v) is 4.84. The van der Waals surface area contributed by atoms with Crippen LogP contribution in [-0.4, -0.2) is 23.0 Å². The van der Waals surface area contributed by atoms with Crippen molar-refractivity contribution >= 4 is 11.9 Å². The zero-order valence-electron chi connectivity index (χ0n) is 12.0. The Balaban J connectivity index is 1.51. The summed E-state index contributed by atoms with van der Waals surface area (Å²) in [6.07, 6.45) is 5.01. The molecule has 2 N–H and O–H groups in total. The van der Waals surface area contributed by atoms with Gasteiger partial charge in [0.25, 0.3) is 0 Å². The van der Waals surface area contributed by atoms with Gasteiger partial charge in [-0.15, -0.1) is 0 Å². The van der Waals surface area contributed by atoms with Crippen LogP contribution in [-0.2, 0) is 16.0 Å². The highest BCUT2D eigenvalue weighted by Crippen LogP contribution is 2.46. The third kappa shape index (κ3) is 2.94. The quantitative estimate of drug-likeness (QED) is 0.817. The zero-order valence-corrected chi connectivity index (χ0v) is 12.0. The highest BCUT2D eigenvalue weighted by atomic mass is 16.4. The number of carbonyl (C=O) groups excluding carboxylic acids is 1. The molecule has 1 aromatic rings. The number of aliphatic carboxylic acids is 1. The molecule has 0 bridgehead atoms. The van der Waals surface area contributed by atoms with Crippen molar-refractivity contribution in [2.75, 3.05) is 0 Å². The van der Waals surface area contributed by atoms with E-state index in [1.807, 2.05) is 18.2 Å². The Morgan fingerprint density at radius 2 is 1.90 bits per heavy atom. The van der Waals surface area contributed by atoms with Crippen LogP contribution in [0.2, 0.25) is 0 Å². The summed E-state index contributed by atoms with van der Waals surface area (Å²) in [6, 6.07) is 10.5. The second-order valence-electron chi connectivity index (χ2n) is 6.43. The first-order chi connectivity index (χ1) is 10.1. The summed E-state index contributed by atoms with van der Waals surface area (Å²) in [4.78, 5) is 23.2. The maximum absolute atomic E-state index is 12.1. The molecule has 21 heavy (non-hydrogen) atoms. The van der Waals surface area contributed by atoms with Crippen molar-refractivity contribution in [3.05, 3.63) is 35.9 Å². The minimum atomic E-state index is -1.11. The van der Waals surface area contributed by atoms with E-state index in [1.165, 1.54) is 5.56 Å². The van der Waals surface area contributed by atoms with Crippen molar-refractivity contribution in [3.63, 3.8) is 0 Å². The molecule has 0 aromatic heterocycles. The predicted molar refractivity (Wildman–Crippen MR) is 78.7 cm³/mol. The van der Waals surface area contributed by atoms with Gasteiger partial charge in [-0.05, 0) is 50.0 Å². The second kappa shape index (κ2) is 5.51. The van der Waals surface area contributed by atoms with Gasteiger partial charge in [-0.1, -0.05) is 30.3 Å². The third-order valence-electron chi connectivity index (χ3n) is 4.84. The minimum Gasteiger partial charge on any atom is -0.480 e. The van der Waals surface area contributed by atoms with Crippen molar-refractivity contribution < 1.29 is 14.7 Å². The molecule has 0 saturated heterocycles. The van der Waals surface area contributed by atoms with Crippen molar-refractivity contribution in [2.45, 2.75) is 44.6 Å². The fourth-order valence-electron chi connectivity index (χ4n) is 3.33. The number of rotatable bonds is 5. The molecular formula is C17H21NO3. The average Bonchev–Trinajstić information content (AvgIpc) is 3.18. The van der Waals surface area contributed by atoms with Gasteiger partial charge in [0.05, 0.1) is 0 Å². The molecule has 2 aliphatic carbocycles. The van der Waals surface area contributed by atoms with Gasteiger partial charge in [-0.25, -0.2) is 0 Å². The fraction of sp³-hybridized carbons (Fsp3) is 0.529. The van der Waals surface area contributed by atoms with Gasteiger partial charge >= 0.3 is 5.97 Å².